The molecule has 1 atom stereocenters. The molecule has 2 aromatic rings. The second kappa shape index (κ2) is 8.94. The van der Waals surface area contributed by atoms with Gasteiger partial charge in [-0.15, -0.1) is 0 Å². The van der Waals surface area contributed by atoms with Crippen LogP contribution < -0.4 is 9.64 Å². The zero-order chi connectivity index (χ0) is 22.2. The van der Waals surface area contributed by atoms with Crippen molar-refractivity contribution in [1.29, 1.82) is 0 Å². The first-order valence-corrected chi connectivity index (χ1v) is 10.4. The summed E-state index contributed by atoms with van der Waals surface area (Å²) in [6, 6.07) is 3.34. The summed E-state index contributed by atoms with van der Waals surface area (Å²) in [5, 5.41) is 4.51. The third-order valence-corrected chi connectivity index (χ3v) is 6.52. The summed E-state index contributed by atoms with van der Waals surface area (Å²) in [5.41, 5.74) is -0.0875. The zero-order valence-corrected chi connectivity index (χ0v) is 19.1. The van der Waals surface area contributed by atoms with Crippen LogP contribution in [0.5, 0.6) is 5.75 Å². The number of methoxy groups -OCH3 is 1. The molecule has 12 heteroatoms. The molecule has 1 fully saturated rings. The predicted octanol–water partition coefficient (Wildman–Crippen LogP) is 4.81. The molecule has 3 rings (SSSR count). The highest BCUT2D eigenvalue weighted by Crippen LogP contribution is 2.38. The molecule has 1 aromatic carbocycles. The molecular formula is C18H18BrCl2F3N4O2. The molecule has 0 saturated carbocycles. The maximum Gasteiger partial charge on any atom is 0.436 e. The quantitative estimate of drug-likeness (QED) is 0.520. The second-order valence-corrected chi connectivity index (χ2v) is 8.31. The Kier molecular flexibility index (Phi) is 6.91. The lowest BCUT2D eigenvalue weighted by Crippen LogP contribution is -2.49. The van der Waals surface area contributed by atoms with Crippen LogP contribution in [0.25, 0.3) is 0 Å². The van der Waals surface area contributed by atoms with Crippen molar-refractivity contribution in [1.82, 2.24) is 14.7 Å². The van der Waals surface area contributed by atoms with Crippen molar-refractivity contribution < 1.29 is 22.7 Å². The van der Waals surface area contributed by atoms with Gasteiger partial charge in [0.15, 0.2) is 18.1 Å². The van der Waals surface area contributed by atoms with Gasteiger partial charge < -0.3 is 9.64 Å². The minimum Gasteiger partial charge on any atom is -0.495 e. The Morgan fingerprint density at radius 3 is 2.33 bits per heavy atom. The van der Waals surface area contributed by atoms with Gasteiger partial charge in [-0.3, -0.25) is 9.69 Å². The van der Waals surface area contributed by atoms with Crippen LogP contribution in [0.4, 0.5) is 18.9 Å². The molecule has 0 bridgehead atoms. The van der Waals surface area contributed by atoms with Crippen molar-refractivity contribution in [3.8, 4) is 5.75 Å². The molecule has 164 valence electrons. The first-order chi connectivity index (χ1) is 14.1. The van der Waals surface area contributed by atoms with Crippen molar-refractivity contribution >= 4 is 51.1 Å². The number of benzene rings is 1. The van der Waals surface area contributed by atoms with Crippen molar-refractivity contribution in [3.05, 3.63) is 38.0 Å². The van der Waals surface area contributed by atoms with E-state index in [0.29, 0.717) is 48.3 Å². The van der Waals surface area contributed by atoms with Gasteiger partial charge in [0.2, 0.25) is 0 Å². The molecule has 0 N–H and O–H groups in total. The van der Waals surface area contributed by atoms with Crippen LogP contribution in [-0.2, 0) is 11.0 Å². The molecule has 30 heavy (non-hydrogen) atoms. The fraction of sp³-hybridized carbons (Fsp3) is 0.444. The van der Waals surface area contributed by atoms with E-state index in [1.54, 1.807) is 17.0 Å². The fourth-order valence-electron chi connectivity index (χ4n) is 3.38. The molecule has 1 aromatic heterocycles. The lowest BCUT2D eigenvalue weighted by atomic mass is 10.2. The lowest BCUT2D eigenvalue weighted by molar-refractivity contribution is -0.142. The highest BCUT2D eigenvalue weighted by Gasteiger charge is 2.39. The van der Waals surface area contributed by atoms with Crippen LogP contribution in [0, 0.1) is 6.92 Å². The number of ether oxygens (including phenoxy) is 1. The highest BCUT2D eigenvalue weighted by molar-refractivity contribution is 9.10. The van der Waals surface area contributed by atoms with Crippen LogP contribution >= 0.6 is 39.1 Å². The third kappa shape index (κ3) is 4.42. The van der Waals surface area contributed by atoms with Gasteiger partial charge in [-0.1, -0.05) is 23.2 Å². The van der Waals surface area contributed by atoms with Crippen LogP contribution in [0.15, 0.2) is 16.6 Å². The first-order valence-electron chi connectivity index (χ1n) is 8.87. The van der Waals surface area contributed by atoms with Gasteiger partial charge in [0.1, 0.15) is 5.75 Å². The van der Waals surface area contributed by atoms with E-state index in [-0.39, 0.29) is 10.2 Å². The maximum atomic E-state index is 13.2. The summed E-state index contributed by atoms with van der Waals surface area (Å²) >= 11 is 15.3. The van der Waals surface area contributed by atoms with Crippen molar-refractivity contribution in [2.75, 3.05) is 38.2 Å². The Labute approximate surface area is 189 Å². The summed E-state index contributed by atoms with van der Waals surface area (Å²) in [6.07, 6.45) is -4.97. The molecule has 2 heterocycles. The zero-order valence-electron chi connectivity index (χ0n) is 16.0. The SMILES string of the molecule is COc1cc(N2CCN(C(C=O)n3nc(C(F)(F)F)c(Br)c3C)CC2)c(Cl)cc1Cl. The molecule has 1 aliphatic rings. The lowest BCUT2D eigenvalue weighted by Gasteiger charge is -2.39. The number of nitrogens with zero attached hydrogens (tertiary/aromatic N) is 4. The largest absolute Gasteiger partial charge is 0.495 e. The Hall–Kier alpha value is -1.49. The second-order valence-electron chi connectivity index (χ2n) is 6.70. The minimum absolute atomic E-state index is 0.166. The Bertz CT molecular complexity index is 946. The summed E-state index contributed by atoms with van der Waals surface area (Å²) in [4.78, 5) is 15.6. The van der Waals surface area contributed by atoms with Gasteiger partial charge in [-0.25, -0.2) is 4.68 Å². The van der Waals surface area contributed by atoms with Crippen molar-refractivity contribution in [2.24, 2.45) is 0 Å². The number of piperazine rings is 1. The average Bonchev–Trinajstić information content (AvgIpc) is 2.99. The number of alkyl halides is 3. The first kappa shape index (κ1) is 23.2. The molecule has 0 aliphatic carbocycles. The van der Waals surface area contributed by atoms with Crippen LogP contribution in [0.1, 0.15) is 17.6 Å². The molecule has 1 unspecified atom stereocenters. The van der Waals surface area contributed by atoms with Crippen molar-refractivity contribution in [3.63, 3.8) is 0 Å². The van der Waals surface area contributed by atoms with Crippen LogP contribution in [-0.4, -0.2) is 54.3 Å². The smallest absolute Gasteiger partial charge is 0.436 e. The summed E-state index contributed by atoms with van der Waals surface area (Å²) in [6.45, 7) is 3.33. The summed E-state index contributed by atoms with van der Waals surface area (Å²) < 4.78 is 45.7. The van der Waals surface area contributed by atoms with E-state index in [0.717, 1.165) is 10.4 Å². The number of rotatable bonds is 5. The molecular weight excluding hydrogens is 512 g/mol. The van der Waals surface area contributed by atoms with Gasteiger partial charge in [-0.05, 0) is 28.9 Å². The van der Waals surface area contributed by atoms with E-state index < -0.39 is 18.0 Å². The van der Waals surface area contributed by atoms with E-state index in [1.165, 1.54) is 14.0 Å². The molecule has 0 spiro atoms. The molecule has 0 amide bonds. The normalized spacial score (nSPS) is 16.6. The summed E-state index contributed by atoms with van der Waals surface area (Å²) in [7, 11) is 1.51. The van der Waals surface area contributed by atoms with E-state index in [2.05, 4.69) is 21.0 Å². The van der Waals surface area contributed by atoms with Gasteiger partial charge in [-0.2, -0.15) is 18.3 Å². The predicted molar refractivity (Wildman–Crippen MR) is 112 cm³/mol. The molecule has 0 radical (unpaired) electrons. The van der Waals surface area contributed by atoms with E-state index in [4.69, 9.17) is 27.9 Å². The van der Waals surface area contributed by atoms with E-state index in [9.17, 15) is 18.0 Å². The average molecular weight is 530 g/mol. The van der Waals surface area contributed by atoms with Gasteiger partial charge in [0.05, 0.1) is 33.0 Å². The third-order valence-electron chi connectivity index (χ3n) is 4.97. The van der Waals surface area contributed by atoms with Crippen LogP contribution in [0.2, 0.25) is 10.0 Å². The van der Waals surface area contributed by atoms with E-state index >= 15 is 0 Å². The molecule has 1 saturated heterocycles. The topological polar surface area (TPSA) is 50.6 Å². The fourth-order valence-corrected chi connectivity index (χ4v) is 4.45. The molecule has 1 aliphatic heterocycles. The Balaban J connectivity index is 1.80. The van der Waals surface area contributed by atoms with Gasteiger partial charge in [0.25, 0.3) is 0 Å². The van der Waals surface area contributed by atoms with Crippen LogP contribution in [0.3, 0.4) is 0 Å². The van der Waals surface area contributed by atoms with E-state index in [1.807, 2.05) is 4.90 Å². The number of aldehydes is 1. The van der Waals surface area contributed by atoms with Crippen molar-refractivity contribution in [2.45, 2.75) is 19.3 Å². The number of aromatic nitrogens is 2. The number of hydrogen-bond acceptors (Lipinski definition) is 5. The summed E-state index contributed by atoms with van der Waals surface area (Å²) in [5.74, 6) is 0.487. The van der Waals surface area contributed by atoms with Gasteiger partial charge in [0, 0.05) is 32.2 Å². The highest BCUT2D eigenvalue weighted by atomic mass is 79.9. The monoisotopic (exact) mass is 528 g/mol. The number of anilines is 1. The van der Waals surface area contributed by atoms with Gasteiger partial charge >= 0.3 is 6.18 Å². The number of carbonyl (C=O) groups excluding carboxylic acids is 1. The Morgan fingerprint density at radius 1 is 1.20 bits per heavy atom. The minimum atomic E-state index is -4.62. The Morgan fingerprint density at radius 2 is 1.83 bits per heavy atom. The standard InChI is InChI=1S/C18H18BrCl2F3N4O2/c1-10-16(19)17(18(22,23)24)25-28(10)15(9-29)27-5-3-26(4-6-27)13-8-14(30-2)12(21)7-11(13)20/h7-9,15H,3-6H2,1-2H3. The number of halogens is 6. The molecule has 6 nitrogen and oxygen atoms in total. The number of hydrogen-bond donors (Lipinski definition) is 0. The maximum absolute atomic E-state index is 13.2. The number of carbonyl (C=O) groups is 1.